The van der Waals surface area contributed by atoms with Gasteiger partial charge >= 0.3 is 5.69 Å². The number of nitrogens with zero attached hydrogens (tertiary/aromatic N) is 3. The Hall–Kier alpha value is -2.22. The monoisotopic (exact) mass is 324 g/mol. The highest BCUT2D eigenvalue weighted by molar-refractivity contribution is 9.10. The summed E-state index contributed by atoms with van der Waals surface area (Å²) in [5, 5.41) is 9.88. The molecule has 0 spiro atoms. The van der Waals surface area contributed by atoms with Gasteiger partial charge in [0, 0.05) is 10.5 Å². The second-order valence-electron chi connectivity index (χ2n) is 3.65. The molecule has 0 bridgehead atoms. The molecule has 0 aliphatic heterocycles. The summed E-state index contributed by atoms with van der Waals surface area (Å²) in [6, 6.07) is 7.33. The maximum absolute atomic E-state index is 13.5. The number of H-pyrrole nitrogens is 1. The molecule has 0 unspecified atom stereocenters. The van der Waals surface area contributed by atoms with Gasteiger partial charge in [0.1, 0.15) is 0 Å². The van der Waals surface area contributed by atoms with Gasteiger partial charge in [0.15, 0.2) is 17.2 Å². The van der Waals surface area contributed by atoms with Crippen LogP contribution in [0.5, 0.6) is 11.6 Å². The minimum Gasteiger partial charge on any atom is -0.434 e. The molecule has 0 saturated heterocycles. The lowest BCUT2D eigenvalue weighted by Gasteiger charge is -2.05. The molecule has 96 valence electrons. The van der Waals surface area contributed by atoms with Gasteiger partial charge in [-0.05, 0) is 24.3 Å². The van der Waals surface area contributed by atoms with Crippen molar-refractivity contribution >= 4 is 21.6 Å². The second kappa shape index (κ2) is 4.47. The molecule has 0 radical (unpaired) electrons. The molecule has 6 nitrogen and oxygen atoms in total. The molecule has 3 aromatic rings. The number of nitrogens with one attached hydrogen (secondary N) is 1. The summed E-state index contributed by atoms with van der Waals surface area (Å²) in [5.74, 6) is -0.421. The van der Waals surface area contributed by atoms with Gasteiger partial charge < -0.3 is 4.74 Å². The molecule has 3 rings (SSSR count). The zero-order valence-electron chi connectivity index (χ0n) is 9.30. The number of rotatable bonds is 2. The molecule has 8 heteroatoms. The predicted molar refractivity (Wildman–Crippen MR) is 67.8 cm³/mol. The highest BCUT2D eigenvalue weighted by Gasteiger charge is 2.08. The number of ether oxygens (including phenoxy) is 1. The van der Waals surface area contributed by atoms with Gasteiger partial charge in [-0.2, -0.15) is 9.61 Å². The van der Waals surface area contributed by atoms with Crippen molar-refractivity contribution < 1.29 is 9.13 Å². The molecule has 0 aliphatic carbocycles. The number of benzene rings is 1. The third kappa shape index (κ3) is 2.22. The van der Waals surface area contributed by atoms with Crippen LogP contribution in [0, 0.1) is 5.82 Å². The van der Waals surface area contributed by atoms with Crippen molar-refractivity contribution in [3.05, 3.63) is 51.1 Å². The molecule has 1 N–H and O–H groups in total. The van der Waals surface area contributed by atoms with Crippen molar-refractivity contribution in [3.63, 3.8) is 0 Å². The van der Waals surface area contributed by atoms with E-state index in [9.17, 15) is 9.18 Å². The lowest BCUT2D eigenvalue weighted by molar-refractivity contribution is 0.419. The van der Waals surface area contributed by atoms with Crippen LogP contribution in [0.3, 0.4) is 0 Å². The van der Waals surface area contributed by atoms with Crippen LogP contribution in [0.2, 0.25) is 0 Å². The standard InChI is InChI=1S/C11H6BrFN4O2/c12-6-1-2-7(13)8(5-6)19-10-4-3-9-14-15-11(18)17(9)16-10/h1-5H,(H,15,18). The van der Waals surface area contributed by atoms with E-state index in [-0.39, 0.29) is 11.6 Å². The SMILES string of the molecule is O=c1[nH]nc2ccc(Oc3cc(Br)ccc3F)nn12. The first-order valence-corrected chi connectivity index (χ1v) is 6.00. The molecule has 2 heterocycles. The van der Waals surface area contributed by atoms with Crippen molar-refractivity contribution in [3.8, 4) is 11.6 Å². The molecular weight excluding hydrogens is 319 g/mol. The lowest BCUT2D eigenvalue weighted by Crippen LogP contribution is -2.12. The minimum atomic E-state index is -0.523. The van der Waals surface area contributed by atoms with Crippen LogP contribution in [-0.2, 0) is 0 Å². The minimum absolute atomic E-state index is 0.0118. The molecule has 0 amide bonds. The van der Waals surface area contributed by atoms with Gasteiger partial charge in [0.25, 0.3) is 0 Å². The summed E-state index contributed by atoms with van der Waals surface area (Å²) in [5.41, 5.74) is -0.137. The van der Waals surface area contributed by atoms with Crippen LogP contribution in [0.15, 0.2) is 39.6 Å². The predicted octanol–water partition coefficient (Wildman–Crippen LogP) is 2.11. The number of aromatic amines is 1. The fraction of sp³-hybridized carbons (Fsp3) is 0. The molecule has 2 aromatic heterocycles. The van der Waals surface area contributed by atoms with E-state index < -0.39 is 11.5 Å². The Morgan fingerprint density at radius 3 is 3.00 bits per heavy atom. The maximum atomic E-state index is 13.5. The number of hydrogen-bond donors (Lipinski definition) is 1. The summed E-state index contributed by atoms with van der Waals surface area (Å²) in [6.07, 6.45) is 0. The Kier molecular flexibility index (Phi) is 2.79. The van der Waals surface area contributed by atoms with Crippen LogP contribution < -0.4 is 10.4 Å². The van der Waals surface area contributed by atoms with E-state index in [1.165, 1.54) is 24.3 Å². The fourth-order valence-electron chi connectivity index (χ4n) is 1.51. The van der Waals surface area contributed by atoms with E-state index in [0.29, 0.717) is 10.1 Å². The third-order valence-corrected chi connectivity index (χ3v) is 2.85. The number of fused-ring (bicyclic) bond motifs is 1. The third-order valence-electron chi connectivity index (χ3n) is 2.36. The lowest BCUT2D eigenvalue weighted by atomic mass is 10.3. The van der Waals surface area contributed by atoms with Gasteiger partial charge in [-0.1, -0.05) is 15.9 Å². The van der Waals surface area contributed by atoms with Crippen molar-refractivity contribution in [1.82, 2.24) is 19.8 Å². The van der Waals surface area contributed by atoms with Gasteiger partial charge in [-0.15, -0.1) is 5.10 Å². The Morgan fingerprint density at radius 1 is 1.32 bits per heavy atom. The molecule has 19 heavy (non-hydrogen) atoms. The van der Waals surface area contributed by atoms with E-state index in [1.54, 1.807) is 6.07 Å². The van der Waals surface area contributed by atoms with Gasteiger partial charge in [0.05, 0.1) is 0 Å². The van der Waals surface area contributed by atoms with Crippen LogP contribution in [0.4, 0.5) is 4.39 Å². The summed E-state index contributed by atoms with van der Waals surface area (Å²) in [6.45, 7) is 0. The molecular formula is C11H6BrFN4O2. The Labute approximate surface area is 114 Å². The molecule has 0 aliphatic rings. The summed E-state index contributed by atoms with van der Waals surface area (Å²) >= 11 is 3.22. The first-order chi connectivity index (χ1) is 9.13. The first-order valence-electron chi connectivity index (χ1n) is 5.21. The molecule has 0 fully saturated rings. The van der Waals surface area contributed by atoms with Crippen molar-refractivity contribution in [2.24, 2.45) is 0 Å². The normalized spacial score (nSPS) is 10.8. The summed E-state index contributed by atoms with van der Waals surface area (Å²) in [7, 11) is 0. The van der Waals surface area contributed by atoms with Crippen LogP contribution in [0.1, 0.15) is 0 Å². The summed E-state index contributed by atoms with van der Waals surface area (Å²) < 4.78 is 20.5. The van der Waals surface area contributed by atoms with Crippen molar-refractivity contribution in [2.45, 2.75) is 0 Å². The van der Waals surface area contributed by atoms with E-state index in [4.69, 9.17) is 4.74 Å². The van der Waals surface area contributed by atoms with E-state index in [1.807, 2.05) is 0 Å². The molecule has 0 atom stereocenters. The highest BCUT2D eigenvalue weighted by atomic mass is 79.9. The molecule has 1 aromatic carbocycles. The number of hydrogen-bond acceptors (Lipinski definition) is 4. The Balaban J connectivity index is 2.03. The van der Waals surface area contributed by atoms with Crippen LogP contribution in [0.25, 0.3) is 5.65 Å². The molecule has 0 saturated carbocycles. The van der Waals surface area contributed by atoms with E-state index in [2.05, 4.69) is 31.2 Å². The van der Waals surface area contributed by atoms with E-state index >= 15 is 0 Å². The fourth-order valence-corrected chi connectivity index (χ4v) is 1.85. The van der Waals surface area contributed by atoms with Gasteiger partial charge in [0.2, 0.25) is 5.88 Å². The quantitative estimate of drug-likeness (QED) is 0.783. The zero-order valence-corrected chi connectivity index (χ0v) is 10.9. The first kappa shape index (κ1) is 11.8. The Bertz CT molecular complexity index is 814. The van der Waals surface area contributed by atoms with Crippen molar-refractivity contribution in [1.29, 1.82) is 0 Å². The van der Waals surface area contributed by atoms with Crippen LogP contribution in [-0.4, -0.2) is 19.8 Å². The number of halogens is 2. The Morgan fingerprint density at radius 2 is 2.16 bits per heavy atom. The van der Waals surface area contributed by atoms with E-state index in [0.717, 1.165) is 4.52 Å². The smallest absolute Gasteiger partial charge is 0.364 e. The average molecular weight is 325 g/mol. The highest BCUT2D eigenvalue weighted by Crippen LogP contribution is 2.26. The zero-order chi connectivity index (χ0) is 13.4. The largest absolute Gasteiger partial charge is 0.434 e. The van der Waals surface area contributed by atoms with Crippen molar-refractivity contribution in [2.75, 3.05) is 0 Å². The summed E-state index contributed by atoms with van der Waals surface area (Å²) in [4.78, 5) is 11.3. The van der Waals surface area contributed by atoms with Gasteiger partial charge in [-0.25, -0.2) is 14.3 Å². The maximum Gasteiger partial charge on any atom is 0.364 e. The second-order valence-corrected chi connectivity index (χ2v) is 4.56. The number of aromatic nitrogens is 4. The average Bonchev–Trinajstić information content (AvgIpc) is 2.76. The van der Waals surface area contributed by atoms with Crippen LogP contribution >= 0.6 is 15.9 Å². The van der Waals surface area contributed by atoms with Gasteiger partial charge in [-0.3, -0.25) is 0 Å². The topological polar surface area (TPSA) is 72.3 Å².